The summed E-state index contributed by atoms with van der Waals surface area (Å²) in [7, 11) is 0. The Morgan fingerprint density at radius 3 is 2.18 bits per heavy atom. The summed E-state index contributed by atoms with van der Waals surface area (Å²) in [5.74, 6) is 1.82. The zero-order valence-corrected chi connectivity index (χ0v) is 11.7. The molecule has 1 rings (SSSR count). The van der Waals surface area contributed by atoms with Crippen LogP contribution in [0.2, 0.25) is 5.02 Å². The number of hydrogen-bond acceptors (Lipinski definition) is 3. The molecule has 1 aromatic heterocycles. The summed E-state index contributed by atoms with van der Waals surface area (Å²) in [5.41, 5.74) is 13.1. The average molecular weight is 256 g/mol. The van der Waals surface area contributed by atoms with Crippen molar-refractivity contribution >= 4 is 17.4 Å². The Balaban J connectivity index is 3.09. The first-order valence-corrected chi connectivity index (χ1v) is 6.38. The summed E-state index contributed by atoms with van der Waals surface area (Å²) in [6.45, 7) is 8.72. The highest BCUT2D eigenvalue weighted by atomic mass is 35.5. The van der Waals surface area contributed by atoms with E-state index in [-0.39, 0.29) is 6.04 Å². The Labute approximate surface area is 109 Å². The molecular formula is C13H22ClN3. The molecule has 0 amide bonds. The van der Waals surface area contributed by atoms with Gasteiger partial charge in [0.1, 0.15) is 5.82 Å². The van der Waals surface area contributed by atoms with Crippen molar-refractivity contribution in [2.75, 3.05) is 5.73 Å². The maximum Gasteiger partial charge on any atom is 0.128 e. The third kappa shape index (κ3) is 3.33. The van der Waals surface area contributed by atoms with Gasteiger partial charge in [0, 0.05) is 17.8 Å². The van der Waals surface area contributed by atoms with Gasteiger partial charge in [0.15, 0.2) is 0 Å². The smallest absolute Gasteiger partial charge is 0.128 e. The molecule has 0 aliphatic carbocycles. The molecule has 4 heteroatoms. The van der Waals surface area contributed by atoms with Gasteiger partial charge in [-0.3, -0.25) is 0 Å². The van der Waals surface area contributed by atoms with Crippen molar-refractivity contribution in [1.29, 1.82) is 0 Å². The van der Waals surface area contributed by atoms with Crippen LogP contribution in [0.5, 0.6) is 0 Å². The van der Waals surface area contributed by atoms with E-state index in [4.69, 9.17) is 23.1 Å². The Kier molecular flexibility index (Phi) is 4.78. The monoisotopic (exact) mass is 255 g/mol. The molecule has 17 heavy (non-hydrogen) atoms. The highest BCUT2D eigenvalue weighted by molar-refractivity contribution is 6.30. The maximum absolute atomic E-state index is 6.33. The van der Waals surface area contributed by atoms with E-state index in [2.05, 4.69) is 32.7 Å². The van der Waals surface area contributed by atoms with Crippen molar-refractivity contribution < 1.29 is 0 Å². The topological polar surface area (TPSA) is 64.9 Å². The van der Waals surface area contributed by atoms with Crippen molar-refractivity contribution in [1.82, 2.24) is 4.98 Å². The van der Waals surface area contributed by atoms with Gasteiger partial charge in [-0.25, -0.2) is 4.98 Å². The summed E-state index contributed by atoms with van der Waals surface area (Å²) in [5, 5.41) is 0.580. The molecule has 0 aromatic carbocycles. The Hall–Kier alpha value is -0.800. The van der Waals surface area contributed by atoms with Crippen LogP contribution in [0.4, 0.5) is 5.82 Å². The second-order valence-corrected chi connectivity index (χ2v) is 5.66. The van der Waals surface area contributed by atoms with E-state index in [0.29, 0.717) is 28.6 Å². The van der Waals surface area contributed by atoms with Crippen LogP contribution in [-0.2, 0) is 0 Å². The van der Waals surface area contributed by atoms with Crippen molar-refractivity contribution in [2.45, 2.75) is 33.7 Å². The summed E-state index contributed by atoms with van der Waals surface area (Å²) >= 11 is 5.95. The van der Waals surface area contributed by atoms with Crippen molar-refractivity contribution in [3.63, 3.8) is 0 Å². The minimum atomic E-state index is -0.124. The molecule has 4 N–H and O–H groups in total. The minimum Gasteiger partial charge on any atom is -0.383 e. The van der Waals surface area contributed by atoms with E-state index in [9.17, 15) is 0 Å². The van der Waals surface area contributed by atoms with Crippen LogP contribution in [0, 0.1) is 17.8 Å². The molecule has 0 saturated heterocycles. The molecule has 0 fully saturated rings. The van der Waals surface area contributed by atoms with E-state index in [1.54, 1.807) is 6.20 Å². The molecule has 0 saturated carbocycles. The number of nitrogens with zero attached hydrogens (tertiary/aromatic N) is 1. The first-order chi connectivity index (χ1) is 7.84. The number of anilines is 1. The molecule has 0 aliphatic heterocycles. The molecule has 1 aromatic rings. The van der Waals surface area contributed by atoms with Crippen LogP contribution < -0.4 is 11.5 Å². The number of nitrogen functional groups attached to an aromatic ring is 1. The normalized spacial score (nSPS) is 13.7. The zero-order chi connectivity index (χ0) is 13.2. The molecule has 1 unspecified atom stereocenters. The fourth-order valence-corrected chi connectivity index (χ4v) is 2.71. The van der Waals surface area contributed by atoms with Gasteiger partial charge >= 0.3 is 0 Å². The lowest BCUT2D eigenvalue weighted by Gasteiger charge is -2.31. The van der Waals surface area contributed by atoms with Crippen molar-refractivity contribution in [3.8, 4) is 0 Å². The van der Waals surface area contributed by atoms with Crippen molar-refractivity contribution in [3.05, 3.63) is 22.8 Å². The maximum atomic E-state index is 6.33. The van der Waals surface area contributed by atoms with Crippen LogP contribution >= 0.6 is 11.6 Å². The molecule has 0 aliphatic rings. The Bertz CT molecular complexity index is 369. The summed E-state index contributed by atoms with van der Waals surface area (Å²) in [6.07, 6.45) is 1.55. The van der Waals surface area contributed by atoms with E-state index in [1.807, 2.05) is 6.07 Å². The van der Waals surface area contributed by atoms with E-state index in [1.165, 1.54) is 0 Å². The van der Waals surface area contributed by atoms with Gasteiger partial charge in [-0.05, 0) is 23.8 Å². The fraction of sp³-hybridized carbons (Fsp3) is 0.615. The summed E-state index contributed by atoms with van der Waals surface area (Å²) < 4.78 is 0. The molecule has 0 spiro atoms. The van der Waals surface area contributed by atoms with Gasteiger partial charge in [-0.1, -0.05) is 39.3 Å². The van der Waals surface area contributed by atoms with Crippen LogP contribution in [0.3, 0.4) is 0 Å². The SMILES string of the molecule is CC(C)C(C(C)C)C(N)c1cc(Cl)cnc1N. The van der Waals surface area contributed by atoms with Gasteiger partial charge in [0.05, 0.1) is 5.02 Å². The lowest BCUT2D eigenvalue weighted by atomic mass is 9.78. The van der Waals surface area contributed by atoms with Crippen LogP contribution in [-0.4, -0.2) is 4.98 Å². The Morgan fingerprint density at radius 2 is 1.71 bits per heavy atom. The largest absolute Gasteiger partial charge is 0.383 e. The van der Waals surface area contributed by atoms with Crippen LogP contribution in [0.1, 0.15) is 39.3 Å². The van der Waals surface area contributed by atoms with Crippen LogP contribution in [0.15, 0.2) is 12.3 Å². The molecule has 96 valence electrons. The second kappa shape index (κ2) is 5.69. The van der Waals surface area contributed by atoms with Crippen molar-refractivity contribution in [2.24, 2.45) is 23.5 Å². The number of pyridine rings is 1. The predicted molar refractivity (Wildman–Crippen MR) is 73.8 cm³/mol. The number of halogens is 1. The van der Waals surface area contributed by atoms with E-state index in [0.717, 1.165) is 5.56 Å². The van der Waals surface area contributed by atoms with Gasteiger partial charge in [0.2, 0.25) is 0 Å². The standard InChI is InChI=1S/C13H22ClN3/c1-7(2)11(8(3)4)12(15)10-5-9(14)6-17-13(10)16/h5-8,11-12H,15H2,1-4H3,(H2,16,17). The van der Waals surface area contributed by atoms with Gasteiger partial charge < -0.3 is 11.5 Å². The molecule has 1 atom stereocenters. The lowest BCUT2D eigenvalue weighted by Crippen LogP contribution is -2.30. The first kappa shape index (κ1) is 14.3. The highest BCUT2D eigenvalue weighted by Crippen LogP contribution is 2.34. The third-order valence-corrected chi connectivity index (χ3v) is 3.44. The predicted octanol–water partition coefficient (Wildman–Crippen LogP) is 3.25. The van der Waals surface area contributed by atoms with Crippen LogP contribution in [0.25, 0.3) is 0 Å². The van der Waals surface area contributed by atoms with E-state index >= 15 is 0 Å². The summed E-state index contributed by atoms with van der Waals surface area (Å²) in [6, 6.07) is 1.70. The lowest BCUT2D eigenvalue weighted by molar-refractivity contribution is 0.240. The first-order valence-electron chi connectivity index (χ1n) is 6.01. The van der Waals surface area contributed by atoms with Gasteiger partial charge in [-0.15, -0.1) is 0 Å². The number of nitrogens with two attached hydrogens (primary N) is 2. The molecule has 0 bridgehead atoms. The number of aromatic nitrogens is 1. The number of rotatable bonds is 4. The highest BCUT2D eigenvalue weighted by Gasteiger charge is 2.27. The molecule has 1 heterocycles. The zero-order valence-electron chi connectivity index (χ0n) is 10.9. The molecule has 3 nitrogen and oxygen atoms in total. The quantitative estimate of drug-likeness (QED) is 0.868. The van der Waals surface area contributed by atoms with Gasteiger partial charge in [-0.2, -0.15) is 0 Å². The average Bonchev–Trinajstić information content (AvgIpc) is 2.20. The molecular weight excluding hydrogens is 234 g/mol. The number of hydrogen-bond donors (Lipinski definition) is 2. The fourth-order valence-electron chi connectivity index (χ4n) is 2.54. The van der Waals surface area contributed by atoms with E-state index < -0.39 is 0 Å². The third-order valence-electron chi connectivity index (χ3n) is 3.23. The van der Waals surface area contributed by atoms with Gasteiger partial charge in [0.25, 0.3) is 0 Å². The molecule has 0 radical (unpaired) electrons. The summed E-state index contributed by atoms with van der Waals surface area (Å²) in [4.78, 5) is 4.07. The second-order valence-electron chi connectivity index (χ2n) is 5.22. The minimum absolute atomic E-state index is 0.124. The Morgan fingerprint density at radius 1 is 1.18 bits per heavy atom.